The SMILES string of the molecule is CCC(C)CN(C)C(=O)C(C)CNC.Cl. The van der Waals surface area contributed by atoms with Crippen LogP contribution in [0.1, 0.15) is 27.2 Å². The lowest BCUT2D eigenvalue weighted by Crippen LogP contribution is -2.38. The lowest BCUT2D eigenvalue weighted by atomic mass is 10.1. The lowest BCUT2D eigenvalue weighted by Gasteiger charge is -2.23. The molecule has 0 aliphatic carbocycles. The van der Waals surface area contributed by atoms with Crippen LogP contribution >= 0.6 is 12.4 Å². The molecule has 0 aromatic carbocycles. The molecule has 1 amide bonds. The average molecular weight is 237 g/mol. The van der Waals surface area contributed by atoms with Gasteiger partial charge in [0.25, 0.3) is 0 Å². The fraction of sp³-hybridized carbons (Fsp3) is 0.909. The zero-order valence-electron chi connectivity index (χ0n) is 10.5. The van der Waals surface area contributed by atoms with Gasteiger partial charge in [-0.1, -0.05) is 27.2 Å². The van der Waals surface area contributed by atoms with E-state index in [2.05, 4.69) is 19.2 Å². The summed E-state index contributed by atoms with van der Waals surface area (Å²) in [5.41, 5.74) is 0. The number of carbonyl (C=O) groups is 1. The molecule has 0 aromatic heterocycles. The van der Waals surface area contributed by atoms with E-state index in [1.165, 1.54) is 0 Å². The highest BCUT2D eigenvalue weighted by Crippen LogP contribution is 2.06. The molecule has 15 heavy (non-hydrogen) atoms. The second kappa shape index (κ2) is 8.98. The molecule has 3 nitrogen and oxygen atoms in total. The van der Waals surface area contributed by atoms with Crippen molar-refractivity contribution in [2.24, 2.45) is 11.8 Å². The van der Waals surface area contributed by atoms with Gasteiger partial charge in [-0.2, -0.15) is 0 Å². The van der Waals surface area contributed by atoms with Crippen LogP contribution in [0.25, 0.3) is 0 Å². The Labute approximate surface area is 100 Å². The summed E-state index contributed by atoms with van der Waals surface area (Å²) in [5, 5.41) is 3.02. The Kier molecular flexibility index (Phi) is 10.3. The van der Waals surface area contributed by atoms with Crippen molar-refractivity contribution in [2.45, 2.75) is 27.2 Å². The second-order valence-electron chi connectivity index (χ2n) is 4.19. The molecule has 0 aliphatic rings. The van der Waals surface area contributed by atoms with Gasteiger partial charge in [0, 0.05) is 26.1 Å². The number of rotatable bonds is 6. The van der Waals surface area contributed by atoms with E-state index in [0.29, 0.717) is 5.92 Å². The number of hydrogen-bond donors (Lipinski definition) is 1. The summed E-state index contributed by atoms with van der Waals surface area (Å²) in [5.74, 6) is 0.902. The summed E-state index contributed by atoms with van der Waals surface area (Å²) >= 11 is 0. The van der Waals surface area contributed by atoms with Crippen LogP contribution in [0.4, 0.5) is 0 Å². The van der Waals surface area contributed by atoms with Crippen LogP contribution in [0.5, 0.6) is 0 Å². The van der Waals surface area contributed by atoms with Crippen molar-refractivity contribution in [1.82, 2.24) is 10.2 Å². The van der Waals surface area contributed by atoms with Gasteiger partial charge in [0.2, 0.25) is 5.91 Å². The van der Waals surface area contributed by atoms with E-state index >= 15 is 0 Å². The van der Waals surface area contributed by atoms with Gasteiger partial charge < -0.3 is 10.2 Å². The van der Waals surface area contributed by atoms with Crippen LogP contribution in [-0.4, -0.2) is 38.0 Å². The van der Waals surface area contributed by atoms with Gasteiger partial charge in [-0.25, -0.2) is 0 Å². The first-order valence-corrected chi connectivity index (χ1v) is 5.42. The Morgan fingerprint density at radius 1 is 1.40 bits per heavy atom. The smallest absolute Gasteiger partial charge is 0.226 e. The van der Waals surface area contributed by atoms with Gasteiger partial charge in [0.05, 0.1) is 0 Å². The topological polar surface area (TPSA) is 32.3 Å². The van der Waals surface area contributed by atoms with Crippen molar-refractivity contribution in [2.75, 3.05) is 27.2 Å². The maximum absolute atomic E-state index is 11.8. The molecule has 0 saturated heterocycles. The van der Waals surface area contributed by atoms with E-state index in [0.717, 1.165) is 19.5 Å². The summed E-state index contributed by atoms with van der Waals surface area (Å²) in [6.45, 7) is 7.91. The predicted molar refractivity (Wildman–Crippen MR) is 67.4 cm³/mol. The summed E-state index contributed by atoms with van der Waals surface area (Å²) in [4.78, 5) is 13.6. The molecule has 1 N–H and O–H groups in total. The maximum Gasteiger partial charge on any atom is 0.226 e. The summed E-state index contributed by atoms with van der Waals surface area (Å²) in [6.07, 6.45) is 1.12. The monoisotopic (exact) mass is 236 g/mol. The van der Waals surface area contributed by atoms with Crippen molar-refractivity contribution in [3.63, 3.8) is 0 Å². The molecular formula is C11H25ClN2O. The summed E-state index contributed by atoms with van der Waals surface area (Å²) in [6, 6.07) is 0. The van der Waals surface area contributed by atoms with Crippen LogP contribution < -0.4 is 5.32 Å². The van der Waals surface area contributed by atoms with Crippen molar-refractivity contribution in [3.05, 3.63) is 0 Å². The van der Waals surface area contributed by atoms with Gasteiger partial charge in [0.1, 0.15) is 0 Å². The minimum Gasteiger partial charge on any atom is -0.345 e. The van der Waals surface area contributed by atoms with E-state index < -0.39 is 0 Å². The Hall–Kier alpha value is -0.280. The van der Waals surface area contributed by atoms with Gasteiger partial charge in [-0.15, -0.1) is 12.4 Å². The first-order valence-electron chi connectivity index (χ1n) is 5.42. The molecule has 0 saturated carbocycles. The van der Waals surface area contributed by atoms with E-state index in [-0.39, 0.29) is 24.2 Å². The highest BCUT2D eigenvalue weighted by Gasteiger charge is 2.17. The van der Waals surface area contributed by atoms with Crippen LogP contribution in [0.2, 0.25) is 0 Å². The van der Waals surface area contributed by atoms with Gasteiger partial charge in [-0.3, -0.25) is 4.79 Å². The Morgan fingerprint density at radius 2 is 1.93 bits per heavy atom. The summed E-state index contributed by atoms with van der Waals surface area (Å²) in [7, 11) is 3.76. The normalized spacial score (nSPS) is 13.9. The van der Waals surface area contributed by atoms with Crippen LogP contribution in [-0.2, 0) is 4.79 Å². The van der Waals surface area contributed by atoms with Crippen molar-refractivity contribution in [1.29, 1.82) is 0 Å². The van der Waals surface area contributed by atoms with E-state index in [9.17, 15) is 4.79 Å². The fourth-order valence-corrected chi connectivity index (χ4v) is 1.46. The first-order chi connectivity index (χ1) is 6.52. The number of halogens is 1. The molecule has 0 heterocycles. The third-order valence-corrected chi connectivity index (χ3v) is 2.59. The predicted octanol–water partition coefficient (Wildman–Crippen LogP) is 1.77. The Balaban J connectivity index is 0. The van der Waals surface area contributed by atoms with E-state index in [1.54, 1.807) is 0 Å². The van der Waals surface area contributed by atoms with Crippen molar-refractivity contribution < 1.29 is 4.79 Å². The molecule has 2 unspecified atom stereocenters. The molecule has 92 valence electrons. The Bertz CT molecular complexity index is 176. The van der Waals surface area contributed by atoms with Crippen LogP contribution in [0.15, 0.2) is 0 Å². The molecule has 0 bridgehead atoms. The molecule has 0 spiro atoms. The highest BCUT2D eigenvalue weighted by molar-refractivity contribution is 5.85. The zero-order valence-corrected chi connectivity index (χ0v) is 11.4. The van der Waals surface area contributed by atoms with Gasteiger partial charge >= 0.3 is 0 Å². The number of amides is 1. The Morgan fingerprint density at radius 3 is 2.33 bits per heavy atom. The van der Waals surface area contributed by atoms with Crippen LogP contribution in [0.3, 0.4) is 0 Å². The maximum atomic E-state index is 11.8. The quantitative estimate of drug-likeness (QED) is 0.763. The van der Waals surface area contributed by atoms with Crippen molar-refractivity contribution in [3.8, 4) is 0 Å². The summed E-state index contributed by atoms with van der Waals surface area (Å²) < 4.78 is 0. The molecule has 2 atom stereocenters. The highest BCUT2D eigenvalue weighted by atomic mass is 35.5. The lowest BCUT2D eigenvalue weighted by molar-refractivity contribution is -0.134. The zero-order chi connectivity index (χ0) is 11.1. The molecular weight excluding hydrogens is 212 g/mol. The first kappa shape index (κ1) is 17.1. The fourth-order valence-electron chi connectivity index (χ4n) is 1.46. The van der Waals surface area contributed by atoms with Crippen LogP contribution in [0, 0.1) is 11.8 Å². The average Bonchev–Trinajstić information content (AvgIpc) is 2.16. The second-order valence-corrected chi connectivity index (χ2v) is 4.19. The number of nitrogens with zero attached hydrogens (tertiary/aromatic N) is 1. The van der Waals surface area contributed by atoms with E-state index in [4.69, 9.17) is 0 Å². The molecule has 0 aliphatic heterocycles. The van der Waals surface area contributed by atoms with Gasteiger partial charge in [0.15, 0.2) is 0 Å². The van der Waals surface area contributed by atoms with Gasteiger partial charge in [-0.05, 0) is 13.0 Å². The largest absolute Gasteiger partial charge is 0.345 e. The minimum atomic E-state index is 0. The molecule has 4 heteroatoms. The number of nitrogens with one attached hydrogen (secondary N) is 1. The minimum absolute atomic E-state index is 0. The molecule has 0 radical (unpaired) electrons. The number of hydrogen-bond acceptors (Lipinski definition) is 2. The standard InChI is InChI=1S/C11H24N2O.ClH/c1-6-9(2)8-13(5)11(14)10(3)7-12-4;/h9-10,12H,6-8H2,1-5H3;1H. The van der Waals surface area contributed by atoms with Crippen molar-refractivity contribution >= 4 is 18.3 Å². The van der Waals surface area contributed by atoms with E-state index in [1.807, 2.05) is 25.9 Å². The third kappa shape index (κ3) is 6.74. The molecule has 0 fully saturated rings. The molecule has 0 aromatic rings. The number of carbonyl (C=O) groups excluding carboxylic acids is 1. The third-order valence-electron chi connectivity index (χ3n) is 2.59. The molecule has 0 rings (SSSR count).